The number of rotatable bonds is 3. The molecule has 0 aliphatic heterocycles. The van der Waals surface area contributed by atoms with Gasteiger partial charge in [0.2, 0.25) is 5.88 Å². The van der Waals surface area contributed by atoms with E-state index >= 15 is 0 Å². The highest BCUT2D eigenvalue weighted by molar-refractivity contribution is 5.26. The van der Waals surface area contributed by atoms with Crippen molar-refractivity contribution in [2.24, 2.45) is 5.73 Å². The van der Waals surface area contributed by atoms with Gasteiger partial charge in [0.15, 0.2) is 6.61 Å². The molecule has 0 aliphatic carbocycles. The van der Waals surface area contributed by atoms with Gasteiger partial charge in [0.1, 0.15) is 0 Å². The maximum atomic E-state index is 11.9. The van der Waals surface area contributed by atoms with E-state index in [9.17, 15) is 13.2 Å². The molecule has 0 spiro atoms. The molecule has 0 amide bonds. The molecule has 1 unspecified atom stereocenters. The molecule has 1 atom stereocenters. The number of halogens is 3. The van der Waals surface area contributed by atoms with E-state index in [0.717, 1.165) is 0 Å². The summed E-state index contributed by atoms with van der Waals surface area (Å²) in [5.74, 6) is -0.0513. The fourth-order valence-electron chi connectivity index (χ4n) is 1.16. The summed E-state index contributed by atoms with van der Waals surface area (Å²) in [6.07, 6.45) is -4.36. The molecule has 0 aromatic carbocycles. The van der Waals surface area contributed by atoms with E-state index in [1.807, 2.05) is 0 Å². The molecule has 0 saturated carbocycles. The Morgan fingerprint density at radius 3 is 2.56 bits per heavy atom. The third kappa shape index (κ3) is 4.06. The molecule has 0 bridgehead atoms. The molecule has 90 valence electrons. The van der Waals surface area contributed by atoms with E-state index < -0.39 is 12.8 Å². The molecule has 0 saturated heterocycles. The fraction of sp³-hybridized carbons (Fsp3) is 0.500. The van der Waals surface area contributed by atoms with Crippen LogP contribution in [0.2, 0.25) is 0 Å². The monoisotopic (exact) mass is 234 g/mol. The van der Waals surface area contributed by atoms with E-state index in [4.69, 9.17) is 5.73 Å². The lowest BCUT2D eigenvalue weighted by atomic mass is 10.1. The van der Waals surface area contributed by atoms with Crippen LogP contribution in [0.4, 0.5) is 13.2 Å². The Kier molecular flexibility index (Phi) is 3.74. The molecule has 0 fully saturated rings. The first-order valence-corrected chi connectivity index (χ1v) is 4.71. The van der Waals surface area contributed by atoms with Crippen LogP contribution in [0, 0.1) is 6.92 Å². The molecule has 6 heteroatoms. The number of nitrogens with zero attached hydrogens (tertiary/aromatic N) is 1. The van der Waals surface area contributed by atoms with Crippen LogP contribution < -0.4 is 10.5 Å². The normalized spacial score (nSPS) is 13.6. The van der Waals surface area contributed by atoms with Gasteiger partial charge in [-0.3, -0.25) is 0 Å². The third-order valence-electron chi connectivity index (χ3n) is 1.86. The van der Waals surface area contributed by atoms with Gasteiger partial charge in [-0.1, -0.05) is 0 Å². The first kappa shape index (κ1) is 12.8. The highest BCUT2D eigenvalue weighted by atomic mass is 19.4. The zero-order valence-electron chi connectivity index (χ0n) is 9.01. The maximum Gasteiger partial charge on any atom is 0.422 e. The largest absolute Gasteiger partial charge is 0.468 e. The summed E-state index contributed by atoms with van der Waals surface area (Å²) < 4.78 is 40.3. The summed E-state index contributed by atoms with van der Waals surface area (Å²) in [6.45, 7) is 2.07. The second-order valence-corrected chi connectivity index (χ2v) is 3.57. The van der Waals surface area contributed by atoms with E-state index in [0.29, 0.717) is 11.3 Å². The van der Waals surface area contributed by atoms with Gasteiger partial charge in [0.05, 0.1) is 0 Å². The number of nitrogens with two attached hydrogens (primary N) is 1. The van der Waals surface area contributed by atoms with Crippen molar-refractivity contribution in [1.82, 2.24) is 4.98 Å². The van der Waals surface area contributed by atoms with Crippen molar-refractivity contribution in [3.8, 4) is 5.88 Å². The lowest BCUT2D eigenvalue weighted by molar-refractivity contribution is -0.154. The number of hydrogen-bond donors (Lipinski definition) is 1. The smallest absolute Gasteiger partial charge is 0.422 e. The van der Waals surface area contributed by atoms with Crippen molar-refractivity contribution >= 4 is 0 Å². The van der Waals surface area contributed by atoms with Crippen molar-refractivity contribution in [3.63, 3.8) is 0 Å². The Balaban J connectivity index is 2.81. The summed E-state index contributed by atoms with van der Waals surface area (Å²) in [4.78, 5) is 3.84. The third-order valence-corrected chi connectivity index (χ3v) is 1.86. The number of hydrogen-bond acceptors (Lipinski definition) is 3. The molecular formula is C10H13F3N2O. The topological polar surface area (TPSA) is 48.1 Å². The maximum absolute atomic E-state index is 11.9. The van der Waals surface area contributed by atoms with Crippen LogP contribution >= 0.6 is 0 Å². The SMILES string of the molecule is Cc1cc(C(C)N)cc(OCC(F)(F)F)n1. The molecule has 1 aromatic rings. The van der Waals surface area contributed by atoms with Gasteiger partial charge in [-0.15, -0.1) is 0 Å². The van der Waals surface area contributed by atoms with Crippen LogP contribution in [0.3, 0.4) is 0 Å². The summed E-state index contributed by atoms with van der Waals surface area (Å²) >= 11 is 0. The molecule has 16 heavy (non-hydrogen) atoms. The first-order chi connectivity index (χ1) is 7.28. The summed E-state index contributed by atoms with van der Waals surface area (Å²) in [5, 5.41) is 0. The first-order valence-electron chi connectivity index (χ1n) is 4.71. The van der Waals surface area contributed by atoms with Crippen LogP contribution in [0.1, 0.15) is 24.2 Å². The minimum absolute atomic E-state index is 0.0513. The minimum Gasteiger partial charge on any atom is -0.468 e. The zero-order chi connectivity index (χ0) is 12.3. The predicted molar refractivity (Wildman–Crippen MR) is 53.1 cm³/mol. The molecule has 2 N–H and O–H groups in total. The fourth-order valence-corrected chi connectivity index (χ4v) is 1.16. The number of aromatic nitrogens is 1. The second kappa shape index (κ2) is 4.69. The lowest BCUT2D eigenvalue weighted by Gasteiger charge is -2.12. The van der Waals surface area contributed by atoms with Gasteiger partial charge in [0, 0.05) is 17.8 Å². The molecular weight excluding hydrogens is 221 g/mol. The van der Waals surface area contributed by atoms with Crippen molar-refractivity contribution in [3.05, 3.63) is 23.4 Å². The van der Waals surface area contributed by atoms with Gasteiger partial charge in [-0.2, -0.15) is 13.2 Å². The highest BCUT2D eigenvalue weighted by Gasteiger charge is 2.28. The van der Waals surface area contributed by atoms with Crippen LogP contribution in [0.15, 0.2) is 12.1 Å². The Hall–Kier alpha value is -1.30. The average molecular weight is 234 g/mol. The predicted octanol–water partition coefficient (Wildman–Crippen LogP) is 2.35. The van der Waals surface area contributed by atoms with Crippen molar-refractivity contribution in [2.75, 3.05) is 6.61 Å². The van der Waals surface area contributed by atoms with Crippen LogP contribution in [-0.4, -0.2) is 17.8 Å². The Bertz CT molecular complexity index is 364. The van der Waals surface area contributed by atoms with Gasteiger partial charge in [-0.05, 0) is 25.5 Å². The van der Waals surface area contributed by atoms with E-state index in [-0.39, 0.29) is 11.9 Å². The van der Waals surface area contributed by atoms with Gasteiger partial charge in [0.25, 0.3) is 0 Å². The van der Waals surface area contributed by atoms with Gasteiger partial charge >= 0.3 is 6.18 Å². The van der Waals surface area contributed by atoms with Crippen LogP contribution in [0.5, 0.6) is 5.88 Å². The molecule has 1 aromatic heterocycles. The zero-order valence-corrected chi connectivity index (χ0v) is 9.01. The van der Waals surface area contributed by atoms with Gasteiger partial charge < -0.3 is 10.5 Å². The number of alkyl halides is 3. The second-order valence-electron chi connectivity index (χ2n) is 3.57. The number of aryl methyl sites for hydroxylation is 1. The standard InChI is InChI=1S/C10H13F3N2O/c1-6-3-8(7(2)14)4-9(15-6)16-5-10(11,12)13/h3-4,7H,5,14H2,1-2H3. The molecule has 0 aliphatic rings. The minimum atomic E-state index is -4.36. The van der Waals surface area contributed by atoms with Crippen molar-refractivity contribution < 1.29 is 17.9 Å². The van der Waals surface area contributed by atoms with E-state index in [2.05, 4.69) is 9.72 Å². The highest BCUT2D eigenvalue weighted by Crippen LogP contribution is 2.20. The summed E-state index contributed by atoms with van der Waals surface area (Å²) in [5.41, 5.74) is 6.90. The van der Waals surface area contributed by atoms with Crippen LogP contribution in [-0.2, 0) is 0 Å². The number of pyridine rings is 1. The Morgan fingerprint density at radius 2 is 2.06 bits per heavy atom. The quantitative estimate of drug-likeness (QED) is 0.873. The van der Waals surface area contributed by atoms with Gasteiger partial charge in [-0.25, -0.2) is 4.98 Å². The lowest BCUT2D eigenvalue weighted by Crippen LogP contribution is -2.20. The average Bonchev–Trinajstić information content (AvgIpc) is 2.13. The Morgan fingerprint density at radius 1 is 1.44 bits per heavy atom. The number of ether oxygens (including phenoxy) is 1. The summed E-state index contributed by atoms with van der Waals surface area (Å²) in [6, 6.07) is 2.86. The van der Waals surface area contributed by atoms with Crippen molar-refractivity contribution in [2.45, 2.75) is 26.1 Å². The molecule has 1 rings (SSSR count). The van der Waals surface area contributed by atoms with E-state index in [1.165, 1.54) is 6.07 Å². The molecule has 3 nitrogen and oxygen atoms in total. The van der Waals surface area contributed by atoms with Crippen molar-refractivity contribution in [1.29, 1.82) is 0 Å². The van der Waals surface area contributed by atoms with E-state index in [1.54, 1.807) is 19.9 Å². The summed E-state index contributed by atoms with van der Waals surface area (Å²) in [7, 11) is 0. The molecule has 1 heterocycles. The molecule has 0 radical (unpaired) electrons. The van der Waals surface area contributed by atoms with Crippen LogP contribution in [0.25, 0.3) is 0 Å². The Labute approximate surface area is 91.4 Å².